The summed E-state index contributed by atoms with van der Waals surface area (Å²) in [6.45, 7) is -0.352. The van der Waals surface area contributed by atoms with E-state index < -0.39 is 26.2 Å². The van der Waals surface area contributed by atoms with Crippen LogP contribution in [0.15, 0.2) is 23.1 Å². The van der Waals surface area contributed by atoms with Crippen molar-refractivity contribution in [1.29, 1.82) is 0 Å². The number of nitrogens with two attached hydrogens (primary N) is 1. The summed E-state index contributed by atoms with van der Waals surface area (Å²) in [4.78, 5) is 24.6. The number of benzene rings is 1. The van der Waals surface area contributed by atoms with Gasteiger partial charge >= 0.3 is 0 Å². The number of hydrogen-bond acceptors (Lipinski definition) is 4. The highest BCUT2D eigenvalue weighted by Gasteiger charge is 2.58. The van der Waals surface area contributed by atoms with E-state index in [0.29, 0.717) is 31.6 Å². The van der Waals surface area contributed by atoms with E-state index in [0.717, 1.165) is 35.7 Å². The summed E-state index contributed by atoms with van der Waals surface area (Å²) in [5.41, 5.74) is 5.28. The highest BCUT2D eigenvalue weighted by Crippen LogP contribution is 2.59. The second-order valence-electron chi connectivity index (χ2n) is 10.1. The van der Waals surface area contributed by atoms with Crippen molar-refractivity contribution in [1.82, 2.24) is 9.62 Å². The Balaban J connectivity index is 1.31. The van der Waals surface area contributed by atoms with Crippen molar-refractivity contribution in [2.45, 2.75) is 61.9 Å². The largest absolute Gasteiger partial charge is 0.369 e. The number of halogens is 2. The molecule has 2 unspecified atom stereocenters. The Hall–Kier alpha value is -1.71. The van der Waals surface area contributed by atoms with Gasteiger partial charge in [-0.1, -0.05) is 11.6 Å². The van der Waals surface area contributed by atoms with E-state index in [-0.39, 0.29) is 47.3 Å². The second kappa shape index (κ2) is 7.67. The van der Waals surface area contributed by atoms with Gasteiger partial charge in [-0.25, -0.2) is 12.8 Å². The first kappa shape index (κ1) is 22.1. The summed E-state index contributed by atoms with van der Waals surface area (Å²) in [5, 5.41) is 3.17. The van der Waals surface area contributed by atoms with Gasteiger partial charge in [0, 0.05) is 22.5 Å². The fraction of sp³-hybridized carbons (Fsp3) is 0.636. The molecule has 6 rings (SSSR count). The molecule has 5 saturated carbocycles. The van der Waals surface area contributed by atoms with Crippen molar-refractivity contribution in [2.24, 2.45) is 28.9 Å². The highest BCUT2D eigenvalue weighted by atomic mass is 35.5. The van der Waals surface area contributed by atoms with Crippen LogP contribution >= 0.6 is 11.6 Å². The molecule has 0 aromatic heterocycles. The molecule has 32 heavy (non-hydrogen) atoms. The van der Waals surface area contributed by atoms with E-state index in [2.05, 4.69) is 5.32 Å². The SMILES string of the molecule is NC(=O)C12CC3CC(C1)C(NC(=O)CN(C1CC1)S(=O)(=O)c1ccc(Cl)cc1F)C(C3)C2. The maximum Gasteiger partial charge on any atom is 0.246 e. The minimum absolute atomic E-state index is 0.0810. The number of nitrogens with zero attached hydrogens (tertiary/aromatic N) is 1. The van der Waals surface area contributed by atoms with Gasteiger partial charge in [-0.05, 0) is 80.9 Å². The van der Waals surface area contributed by atoms with E-state index in [9.17, 15) is 22.4 Å². The van der Waals surface area contributed by atoms with Crippen LogP contribution in [0.25, 0.3) is 0 Å². The van der Waals surface area contributed by atoms with Crippen LogP contribution in [-0.2, 0) is 19.6 Å². The van der Waals surface area contributed by atoms with Crippen LogP contribution in [0.2, 0.25) is 5.02 Å². The average Bonchev–Trinajstić information content (AvgIpc) is 3.53. The summed E-state index contributed by atoms with van der Waals surface area (Å²) >= 11 is 5.76. The third-order valence-electron chi connectivity index (χ3n) is 7.86. The summed E-state index contributed by atoms with van der Waals surface area (Å²) in [6, 6.07) is 3.04. The molecule has 5 aliphatic rings. The maximum atomic E-state index is 14.4. The molecule has 10 heteroatoms. The van der Waals surface area contributed by atoms with Crippen LogP contribution in [0.3, 0.4) is 0 Å². The standard InChI is InChI=1S/C22H27ClFN3O4S/c23-15-1-4-18(17(24)7-15)32(30,31)27(16-2-3-16)11-19(28)26-20-13-5-12-6-14(20)10-22(8-12,9-13)21(25)29/h1,4,7,12-14,16,20H,2-3,5-6,8-11H2,(H2,25,29)(H,26,28). The Morgan fingerprint density at radius 2 is 1.84 bits per heavy atom. The Morgan fingerprint density at radius 3 is 2.41 bits per heavy atom. The Kier molecular flexibility index (Phi) is 5.30. The number of carbonyl (C=O) groups is 2. The minimum Gasteiger partial charge on any atom is -0.369 e. The first-order valence-corrected chi connectivity index (χ1v) is 13.0. The average molecular weight is 484 g/mol. The van der Waals surface area contributed by atoms with Crippen molar-refractivity contribution >= 4 is 33.4 Å². The molecule has 1 aromatic carbocycles. The van der Waals surface area contributed by atoms with E-state index in [1.807, 2.05) is 0 Å². The number of sulfonamides is 1. The Bertz CT molecular complexity index is 1060. The lowest BCUT2D eigenvalue weighted by Gasteiger charge is -2.58. The Labute approximate surface area is 191 Å². The molecule has 0 radical (unpaired) electrons. The number of primary amides is 1. The molecule has 0 aliphatic heterocycles. The molecule has 7 nitrogen and oxygen atoms in total. The zero-order valence-electron chi connectivity index (χ0n) is 17.6. The van der Waals surface area contributed by atoms with Gasteiger partial charge in [0.15, 0.2) is 0 Å². The number of nitrogens with one attached hydrogen (secondary N) is 1. The summed E-state index contributed by atoms with van der Waals surface area (Å²) in [6.07, 6.45) is 5.39. The fourth-order valence-corrected chi connectivity index (χ4v) is 8.37. The Morgan fingerprint density at radius 1 is 1.19 bits per heavy atom. The summed E-state index contributed by atoms with van der Waals surface area (Å²) in [5.74, 6) is -0.737. The smallest absolute Gasteiger partial charge is 0.246 e. The maximum absolute atomic E-state index is 14.4. The molecular weight excluding hydrogens is 457 g/mol. The predicted molar refractivity (Wildman–Crippen MR) is 115 cm³/mol. The molecule has 5 aliphatic carbocycles. The zero-order chi connectivity index (χ0) is 22.8. The molecule has 174 valence electrons. The van der Waals surface area contributed by atoms with Gasteiger partial charge in [-0.2, -0.15) is 4.31 Å². The lowest BCUT2D eigenvalue weighted by atomic mass is 9.47. The van der Waals surface area contributed by atoms with Crippen molar-refractivity contribution < 1.29 is 22.4 Å². The number of carbonyl (C=O) groups excluding carboxylic acids is 2. The van der Waals surface area contributed by atoms with Gasteiger partial charge in [0.25, 0.3) is 0 Å². The molecule has 0 saturated heterocycles. The molecule has 2 amide bonds. The van der Waals surface area contributed by atoms with E-state index in [1.165, 1.54) is 6.07 Å². The monoisotopic (exact) mass is 483 g/mol. The van der Waals surface area contributed by atoms with Gasteiger partial charge in [0.1, 0.15) is 10.7 Å². The molecule has 5 fully saturated rings. The van der Waals surface area contributed by atoms with Crippen molar-refractivity contribution in [3.05, 3.63) is 29.0 Å². The molecular formula is C22H27ClFN3O4S. The van der Waals surface area contributed by atoms with Crippen molar-refractivity contribution in [3.8, 4) is 0 Å². The summed E-state index contributed by atoms with van der Waals surface area (Å²) in [7, 11) is -4.18. The number of rotatable bonds is 7. The van der Waals surface area contributed by atoms with Crippen LogP contribution in [0.4, 0.5) is 4.39 Å². The van der Waals surface area contributed by atoms with Gasteiger partial charge in [0.05, 0.1) is 6.54 Å². The molecule has 0 heterocycles. The third kappa shape index (κ3) is 3.72. The normalized spacial score (nSPS) is 33.5. The fourth-order valence-electron chi connectivity index (χ4n) is 6.52. The van der Waals surface area contributed by atoms with Crippen LogP contribution in [0, 0.1) is 29.0 Å². The molecule has 2 atom stereocenters. The highest BCUT2D eigenvalue weighted by molar-refractivity contribution is 7.89. The van der Waals surface area contributed by atoms with Crippen LogP contribution < -0.4 is 11.1 Å². The molecule has 3 N–H and O–H groups in total. The first-order valence-electron chi connectivity index (χ1n) is 11.2. The van der Waals surface area contributed by atoms with Gasteiger partial charge < -0.3 is 11.1 Å². The lowest BCUT2D eigenvalue weighted by molar-refractivity contribution is -0.147. The van der Waals surface area contributed by atoms with E-state index >= 15 is 0 Å². The van der Waals surface area contributed by atoms with Gasteiger partial charge in [0.2, 0.25) is 21.8 Å². The second-order valence-corrected chi connectivity index (χ2v) is 12.4. The van der Waals surface area contributed by atoms with Gasteiger partial charge in [-0.3, -0.25) is 9.59 Å². The zero-order valence-corrected chi connectivity index (χ0v) is 19.2. The van der Waals surface area contributed by atoms with Crippen molar-refractivity contribution in [3.63, 3.8) is 0 Å². The molecule has 4 bridgehead atoms. The van der Waals surface area contributed by atoms with Crippen LogP contribution in [0.1, 0.15) is 44.9 Å². The van der Waals surface area contributed by atoms with E-state index in [1.54, 1.807) is 0 Å². The molecule has 1 aromatic rings. The summed E-state index contributed by atoms with van der Waals surface area (Å²) < 4.78 is 41.8. The quantitative estimate of drug-likeness (QED) is 0.620. The number of amides is 2. The number of hydrogen-bond donors (Lipinski definition) is 2. The predicted octanol–water partition coefficient (Wildman–Crippen LogP) is 2.43. The van der Waals surface area contributed by atoms with Crippen LogP contribution in [-0.4, -0.2) is 43.2 Å². The van der Waals surface area contributed by atoms with E-state index in [4.69, 9.17) is 17.3 Å². The first-order chi connectivity index (χ1) is 15.1. The van der Waals surface area contributed by atoms with Crippen molar-refractivity contribution in [2.75, 3.05) is 6.54 Å². The minimum atomic E-state index is -4.18. The topological polar surface area (TPSA) is 110 Å². The van der Waals surface area contributed by atoms with Gasteiger partial charge in [-0.15, -0.1) is 0 Å². The lowest BCUT2D eigenvalue weighted by Crippen LogP contribution is -2.62. The molecule has 0 spiro atoms. The third-order valence-corrected chi connectivity index (χ3v) is 10.0. The van der Waals surface area contributed by atoms with Crippen LogP contribution in [0.5, 0.6) is 0 Å².